The van der Waals surface area contributed by atoms with Crippen LogP contribution in [0.4, 0.5) is 0 Å². The van der Waals surface area contributed by atoms with E-state index in [4.69, 9.17) is 0 Å². The molecule has 0 aliphatic rings. The number of rotatable bonds is 14. The zero-order valence-corrected chi connectivity index (χ0v) is 16.5. The van der Waals surface area contributed by atoms with Crippen molar-refractivity contribution in [2.45, 2.75) is 57.7 Å². The number of ether oxygens (including phenoxy) is 1. The van der Waals surface area contributed by atoms with Crippen LogP contribution in [-0.4, -0.2) is 35.5 Å². The maximum absolute atomic E-state index is 10.9. The average molecular weight is 375 g/mol. The Labute approximate surface area is 163 Å². The lowest BCUT2D eigenvalue weighted by Crippen LogP contribution is -1.99. The summed E-state index contributed by atoms with van der Waals surface area (Å²) in [6, 6.07) is 0. The molecule has 0 radical (unpaired) electrons. The summed E-state index contributed by atoms with van der Waals surface area (Å²) in [6.07, 6.45) is 25.6. The number of hydrogen-bond acceptors (Lipinski definition) is 4. The highest BCUT2D eigenvalue weighted by Gasteiger charge is 1.95. The van der Waals surface area contributed by atoms with Crippen LogP contribution < -0.4 is 0 Å². The molecule has 150 valence electrons. The summed E-state index contributed by atoms with van der Waals surface area (Å²) in [5.74, 6) is -0.199. The van der Waals surface area contributed by atoms with Crippen LogP contribution >= 0.6 is 0 Å². The lowest BCUT2D eigenvalue weighted by Gasteiger charge is -1.99. The zero-order chi connectivity index (χ0) is 20.2. The first-order chi connectivity index (χ1) is 13.1. The van der Waals surface area contributed by atoms with E-state index >= 15 is 0 Å². The van der Waals surface area contributed by atoms with E-state index in [1.165, 1.54) is 7.11 Å². The molecule has 0 aromatic heterocycles. The average Bonchev–Trinajstić information content (AvgIpc) is 2.66. The van der Waals surface area contributed by atoms with Gasteiger partial charge in [-0.1, -0.05) is 79.8 Å². The van der Waals surface area contributed by atoms with Gasteiger partial charge in [-0.2, -0.15) is 0 Å². The summed E-state index contributed by atoms with van der Waals surface area (Å²) in [7, 11) is 1.39. The van der Waals surface area contributed by atoms with E-state index in [-0.39, 0.29) is 5.97 Å². The highest BCUT2D eigenvalue weighted by molar-refractivity contribution is 5.69. The van der Waals surface area contributed by atoms with Gasteiger partial charge < -0.3 is 14.9 Å². The molecule has 4 nitrogen and oxygen atoms in total. The van der Waals surface area contributed by atoms with Gasteiger partial charge in [-0.05, 0) is 32.1 Å². The van der Waals surface area contributed by atoms with E-state index in [0.717, 1.165) is 12.8 Å². The van der Waals surface area contributed by atoms with Gasteiger partial charge in [0.25, 0.3) is 0 Å². The van der Waals surface area contributed by atoms with Crippen molar-refractivity contribution in [3.8, 4) is 0 Å². The first-order valence-electron chi connectivity index (χ1n) is 9.49. The van der Waals surface area contributed by atoms with Crippen LogP contribution in [0.3, 0.4) is 0 Å². The van der Waals surface area contributed by atoms with Gasteiger partial charge in [-0.15, -0.1) is 0 Å². The summed E-state index contributed by atoms with van der Waals surface area (Å²) in [4.78, 5) is 10.9. The van der Waals surface area contributed by atoms with Gasteiger partial charge in [0.1, 0.15) is 0 Å². The molecular formula is C23H34O4. The molecular weight excluding hydrogens is 340 g/mol. The third kappa shape index (κ3) is 18.4. The Morgan fingerprint density at radius 2 is 1.41 bits per heavy atom. The van der Waals surface area contributed by atoms with Crippen molar-refractivity contribution in [1.29, 1.82) is 0 Å². The van der Waals surface area contributed by atoms with Crippen molar-refractivity contribution in [1.82, 2.24) is 0 Å². The molecule has 0 heterocycles. The van der Waals surface area contributed by atoms with Crippen LogP contribution in [0.2, 0.25) is 0 Å². The van der Waals surface area contributed by atoms with Crippen LogP contribution in [-0.2, 0) is 9.53 Å². The molecule has 0 amide bonds. The standard InChI is InChI=1S/C23H34O4/c1-3-4-11-16-21(24)18-13-9-10-14-19-22(25)17-12-7-5-6-8-15-20-23(26)27-2/h4,6-14,18-19,21-22,24-25H,3,5,15-17,20H2,1-2H3/b8-6+,10-9+,11-4+,12-7+,18-13+,19-14+. The number of esters is 1. The Kier molecular flexibility index (Phi) is 17.1. The molecule has 2 N–H and O–H groups in total. The Morgan fingerprint density at radius 1 is 0.852 bits per heavy atom. The normalized spacial score (nSPS) is 15.3. The van der Waals surface area contributed by atoms with E-state index < -0.39 is 12.2 Å². The minimum atomic E-state index is -0.525. The topological polar surface area (TPSA) is 66.8 Å². The quantitative estimate of drug-likeness (QED) is 0.265. The molecule has 27 heavy (non-hydrogen) atoms. The van der Waals surface area contributed by atoms with Gasteiger partial charge in [-0.25, -0.2) is 0 Å². The number of aliphatic hydroxyl groups is 2. The van der Waals surface area contributed by atoms with Gasteiger partial charge in [-0.3, -0.25) is 4.79 Å². The van der Waals surface area contributed by atoms with Crippen molar-refractivity contribution in [2.24, 2.45) is 0 Å². The third-order valence-corrected chi connectivity index (χ3v) is 3.51. The number of methoxy groups -OCH3 is 1. The minimum absolute atomic E-state index is 0.199. The third-order valence-electron chi connectivity index (χ3n) is 3.51. The Hall–Kier alpha value is -2.17. The molecule has 0 saturated carbocycles. The van der Waals surface area contributed by atoms with Crippen molar-refractivity contribution in [3.63, 3.8) is 0 Å². The monoisotopic (exact) mass is 374 g/mol. The molecule has 0 aliphatic heterocycles. The molecule has 0 spiro atoms. The lowest BCUT2D eigenvalue weighted by molar-refractivity contribution is -0.140. The van der Waals surface area contributed by atoms with Crippen LogP contribution in [0.5, 0.6) is 0 Å². The van der Waals surface area contributed by atoms with Gasteiger partial charge in [0.05, 0.1) is 19.3 Å². The van der Waals surface area contributed by atoms with E-state index in [1.807, 2.05) is 48.6 Å². The molecule has 0 aromatic rings. The second kappa shape index (κ2) is 18.6. The zero-order valence-electron chi connectivity index (χ0n) is 16.5. The number of hydrogen-bond donors (Lipinski definition) is 2. The highest BCUT2D eigenvalue weighted by atomic mass is 16.5. The van der Waals surface area contributed by atoms with Gasteiger partial charge in [0, 0.05) is 6.42 Å². The molecule has 0 bridgehead atoms. The molecule has 0 fully saturated rings. The number of aliphatic hydroxyl groups excluding tert-OH is 2. The smallest absolute Gasteiger partial charge is 0.305 e. The predicted octanol–water partition coefficient (Wildman–Crippen LogP) is 4.58. The van der Waals surface area contributed by atoms with E-state index in [0.29, 0.717) is 25.7 Å². The predicted molar refractivity (Wildman–Crippen MR) is 112 cm³/mol. The number of carbonyl (C=O) groups excluding carboxylic acids is 1. The summed E-state index contributed by atoms with van der Waals surface area (Å²) < 4.78 is 4.56. The SMILES string of the molecule is CC/C=C/CC(O)/C=C/C=C/C=C/C(O)C/C=C/C/C=C/CCC(=O)OC. The first kappa shape index (κ1) is 24.8. The second-order valence-electron chi connectivity index (χ2n) is 5.93. The van der Waals surface area contributed by atoms with Crippen molar-refractivity contribution in [3.05, 3.63) is 72.9 Å². The van der Waals surface area contributed by atoms with E-state index in [9.17, 15) is 15.0 Å². The fraction of sp³-hybridized carbons (Fsp3) is 0.435. The molecule has 0 aliphatic carbocycles. The van der Waals surface area contributed by atoms with Crippen molar-refractivity contribution < 1.29 is 19.7 Å². The van der Waals surface area contributed by atoms with Gasteiger partial charge >= 0.3 is 5.97 Å². The van der Waals surface area contributed by atoms with Gasteiger partial charge in [0.15, 0.2) is 0 Å². The fourth-order valence-electron chi connectivity index (χ4n) is 2.00. The van der Waals surface area contributed by atoms with Crippen molar-refractivity contribution in [2.75, 3.05) is 7.11 Å². The van der Waals surface area contributed by atoms with Crippen LogP contribution in [0.15, 0.2) is 72.9 Å². The summed E-state index contributed by atoms with van der Waals surface area (Å²) in [6.45, 7) is 2.06. The second-order valence-corrected chi connectivity index (χ2v) is 5.93. The molecule has 4 heteroatoms. The van der Waals surface area contributed by atoms with Crippen molar-refractivity contribution >= 4 is 5.97 Å². The first-order valence-corrected chi connectivity index (χ1v) is 9.49. The summed E-state index contributed by atoms with van der Waals surface area (Å²) in [5, 5.41) is 19.5. The molecule has 2 atom stereocenters. The Morgan fingerprint density at radius 3 is 1.96 bits per heavy atom. The minimum Gasteiger partial charge on any atom is -0.469 e. The maximum Gasteiger partial charge on any atom is 0.305 e. The number of carbonyl (C=O) groups is 1. The van der Waals surface area contributed by atoms with Crippen LogP contribution in [0.25, 0.3) is 0 Å². The largest absolute Gasteiger partial charge is 0.469 e. The maximum atomic E-state index is 10.9. The fourth-order valence-corrected chi connectivity index (χ4v) is 2.00. The van der Waals surface area contributed by atoms with Crippen LogP contribution in [0.1, 0.15) is 45.4 Å². The lowest BCUT2D eigenvalue weighted by atomic mass is 10.2. The van der Waals surface area contributed by atoms with Crippen LogP contribution in [0, 0.1) is 0 Å². The molecule has 0 aromatic carbocycles. The summed E-state index contributed by atoms with van der Waals surface area (Å²) >= 11 is 0. The summed E-state index contributed by atoms with van der Waals surface area (Å²) in [5.41, 5.74) is 0. The molecule has 2 unspecified atom stereocenters. The van der Waals surface area contributed by atoms with Gasteiger partial charge in [0.2, 0.25) is 0 Å². The Bertz CT molecular complexity index is 539. The number of allylic oxidation sites excluding steroid dienone is 8. The van der Waals surface area contributed by atoms with E-state index in [1.54, 1.807) is 24.3 Å². The Balaban J connectivity index is 3.87. The molecule has 0 rings (SSSR count). The molecule has 0 saturated heterocycles. The highest BCUT2D eigenvalue weighted by Crippen LogP contribution is 2.00. The van der Waals surface area contributed by atoms with E-state index in [2.05, 4.69) is 11.7 Å².